The number of imidazole rings is 1. The van der Waals surface area contributed by atoms with Crippen LogP contribution in [0.15, 0.2) is 72.9 Å². The van der Waals surface area contributed by atoms with Gasteiger partial charge in [-0.05, 0) is 67.3 Å². The highest BCUT2D eigenvalue weighted by molar-refractivity contribution is 5.89. The van der Waals surface area contributed by atoms with Gasteiger partial charge in [-0.2, -0.15) is 0 Å². The Labute approximate surface area is 207 Å². The first kappa shape index (κ1) is 23.0. The molecule has 1 unspecified atom stereocenters. The molecule has 1 atom stereocenters. The summed E-state index contributed by atoms with van der Waals surface area (Å²) in [5.74, 6) is 1.22. The SMILES string of the molecule is CCc1cccc(-c2nc(C3CCCN(C(=O)Nc4ccc(N(C)C)cc4)C3)n3ccccc23)c1. The van der Waals surface area contributed by atoms with Crippen molar-refractivity contribution in [3.8, 4) is 11.3 Å². The summed E-state index contributed by atoms with van der Waals surface area (Å²) in [5, 5.41) is 3.07. The summed E-state index contributed by atoms with van der Waals surface area (Å²) in [6, 6.07) is 22.8. The normalized spacial score (nSPS) is 15.9. The number of nitrogens with zero attached hydrogens (tertiary/aromatic N) is 4. The molecule has 2 aromatic heterocycles. The van der Waals surface area contributed by atoms with Gasteiger partial charge in [0.15, 0.2) is 0 Å². The molecule has 35 heavy (non-hydrogen) atoms. The van der Waals surface area contributed by atoms with E-state index in [9.17, 15) is 4.79 Å². The molecule has 4 aromatic rings. The van der Waals surface area contributed by atoms with Crippen LogP contribution in [-0.4, -0.2) is 47.5 Å². The maximum absolute atomic E-state index is 13.1. The third kappa shape index (κ3) is 4.74. The van der Waals surface area contributed by atoms with Gasteiger partial charge < -0.3 is 19.5 Å². The molecule has 0 saturated carbocycles. The topological polar surface area (TPSA) is 52.9 Å². The van der Waals surface area contributed by atoms with Gasteiger partial charge in [0.1, 0.15) is 5.82 Å². The molecule has 1 saturated heterocycles. The van der Waals surface area contributed by atoms with Crippen molar-refractivity contribution in [3.05, 3.63) is 84.3 Å². The Morgan fingerprint density at radius 1 is 1.09 bits per heavy atom. The van der Waals surface area contributed by atoms with E-state index >= 15 is 0 Å². The van der Waals surface area contributed by atoms with Crippen LogP contribution in [0.1, 0.15) is 37.1 Å². The maximum atomic E-state index is 13.1. The van der Waals surface area contributed by atoms with Crippen LogP contribution in [0.2, 0.25) is 0 Å². The molecule has 0 spiro atoms. The van der Waals surface area contributed by atoms with E-state index in [2.05, 4.69) is 65.3 Å². The number of urea groups is 1. The molecular formula is C29H33N5O. The minimum atomic E-state index is -0.0518. The number of fused-ring (bicyclic) bond motifs is 1. The van der Waals surface area contributed by atoms with Crippen molar-refractivity contribution in [2.24, 2.45) is 0 Å². The van der Waals surface area contributed by atoms with E-state index in [1.807, 2.05) is 48.2 Å². The zero-order valence-electron chi connectivity index (χ0n) is 20.7. The van der Waals surface area contributed by atoms with Crippen molar-refractivity contribution >= 4 is 22.9 Å². The van der Waals surface area contributed by atoms with Crippen LogP contribution in [0.25, 0.3) is 16.8 Å². The van der Waals surface area contributed by atoms with Gasteiger partial charge in [0.2, 0.25) is 0 Å². The number of rotatable bonds is 5. The van der Waals surface area contributed by atoms with Gasteiger partial charge >= 0.3 is 6.03 Å². The second-order valence-electron chi connectivity index (χ2n) is 9.49. The smallest absolute Gasteiger partial charge is 0.321 e. The number of carbonyl (C=O) groups excluding carboxylic acids is 1. The van der Waals surface area contributed by atoms with E-state index in [1.54, 1.807) is 0 Å². The number of hydrogen-bond acceptors (Lipinski definition) is 3. The fraction of sp³-hybridized carbons (Fsp3) is 0.310. The predicted octanol–water partition coefficient (Wildman–Crippen LogP) is 6.04. The highest BCUT2D eigenvalue weighted by Crippen LogP contribution is 2.32. The molecule has 0 bridgehead atoms. The molecule has 0 aliphatic carbocycles. The molecular weight excluding hydrogens is 434 g/mol. The Balaban J connectivity index is 1.39. The van der Waals surface area contributed by atoms with E-state index in [4.69, 9.17) is 4.98 Å². The van der Waals surface area contributed by atoms with Crippen molar-refractivity contribution < 1.29 is 4.79 Å². The van der Waals surface area contributed by atoms with Gasteiger partial charge in [0.25, 0.3) is 0 Å². The number of anilines is 2. The van der Waals surface area contributed by atoms with Gasteiger partial charge in [-0.15, -0.1) is 0 Å². The third-order valence-electron chi connectivity index (χ3n) is 6.89. The van der Waals surface area contributed by atoms with Gasteiger partial charge in [-0.3, -0.25) is 0 Å². The van der Waals surface area contributed by atoms with Crippen molar-refractivity contribution in [1.82, 2.24) is 14.3 Å². The van der Waals surface area contributed by atoms with Crippen LogP contribution in [0.4, 0.5) is 16.2 Å². The monoisotopic (exact) mass is 467 g/mol. The van der Waals surface area contributed by atoms with Crippen molar-refractivity contribution in [1.29, 1.82) is 0 Å². The second kappa shape index (κ2) is 9.82. The zero-order valence-corrected chi connectivity index (χ0v) is 20.7. The van der Waals surface area contributed by atoms with Crippen LogP contribution in [0.3, 0.4) is 0 Å². The number of piperidine rings is 1. The lowest BCUT2D eigenvalue weighted by atomic mass is 9.97. The molecule has 6 heteroatoms. The van der Waals surface area contributed by atoms with Crippen LogP contribution in [0, 0.1) is 0 Å². The first-order valence-electron chi connectivity index (χ1n) is 12.4. The Morgan fingerprint density at radius 2 is 1.91 bits per heavy atom. The van der Waals surface area contributed by atoms with Gasteiger partial charge in [0.05, 0.1) is 11.2 Å². The van der Waals surface area contributed by atoms with Crippen LogP contribution in [0.5, 0.6) is 0 Å². The molecule has 1 fully saturated rings. The molecule has 180 valence electrons. The number of likely N-dealkylation sites (tertiary alicyclic amines) is 1. The molecule has 3 heterocycles. The average Bonchev–Trinajstić information content (AvgIpc) is 3.29. The standard InChI is InChI=1S/C29H33N5O/c1-4-21-9-7-10-22(19-21)27-26-12-5-6-18-34(26)28(31-27)23-11-8-17-33(20-23)29(35)30-24-13-15-25(16-14-24)32(2)3/h5-7,9-10,12-16,18-19,23H,4,8,11,17,20H2,1-3H3,(H,30,35). The number of pyridine rings is 1. The number of aryl methyl sites for hydroxylation is 1. The van der Waals surface area contributed by atoms with Gasteiger partial charge in [0, 0.05) is 56.2 Å². The van der Waals surface area contributed by atoms with Crippen LogP contribution in [-0.2, 0) is 6.42 Å². The molecule has 2 aromatic carbocycles. The number of carbonyl (C=O) groups is 1. The molecule has 0 radical (unpaired) electrons. The number of benzene rings is 2. The molecule has 1 aliphatic heterocycles. The summed E-state index contributed by atoms with van der Waals surface area (Å²) in [5.41, 5.74) is 6.49. The Hall–Kier alpha value is -3.80. The first-order valence-corrected chi connectivity index (χ1v) is 12.4. The first-order chi connectivity index (χ1) is 17.0. The average molecular weight is 468 g/mol. The summed E-state index contributed by atoms with van der Waals surface area (Å²) in [6.07, 6.45) is 5.07. The summed E-state index contributed by atoms with van der Waals surface area (Å²) < 4.78 is 2.21. The fourth-order valence-corrected chi connectivity index (χ4v) is 4.92. The largest absolute Gasteiger partial charge is 0.378 e. The zero-order chi connectivity index (χ0) is 24.4. The molecule has 5 rings (SSSR count). The van der Waals surface area contributed by atoms with E-state index in [-0.39, 0.29) is 11.9 Å². The number of amides is 2. The minimum absolute atomic E-state index is 0.0518. The van der Waals surface area contributed by atoms with Gasteiger partial charge in [-0.1, -0.05) is 31.2 Å². The van der Waals surface area contributed by atoms with Crippen LogP contribution < -0.4 is 10.2 Å². The summed E-state index contributed by atoms with van der Waals surface area (Å²) >= 11 is 0. The van der Waals surface area contributed by atoms with Crippen LogP contribution >= 0.6 is 0 Å². The molecule has 6 nitrogen and oxygen atoms in total. The summed E-state index contributed by atoms with van der Waals surface area (Å²) in [4.78, 5) is 22.2. The van der Waals surface area contributed by atoms with Gasteiger partial charge in [-0.25, -0.2) is 9.78 Å². The quantitative estimate of drug-likeness (QED) is 0.389. The molecule has 1 N–H and O–H groups in total. The number of hydrogen-bond donors (Lipinski definition) is 1. The lowest BCUT2D eigenvalue weighted by Crippen LogP contribution is -2.42. The van der Waals surface area contributed by atoms with E-state index in [0.29, 0.717) is 6.54 Å². The fourth-order valence-electron chi connectivity index (χ4n) is 4.92. The number of aromatic nitrogens is 2. The maximum Gasteiger partial charge on any atom is 0.321 e. The minimum Gasteiger partial charge on any atom is -0.378 e. The highest BCUT2D eigenvalue weighted by Gasteiger charge is 2.28. The lowest BCUT2D eigenvalue weighted by molar-refractivity contribution is 0.191. The van der Waals surface area contributed by atoms with Crippen molar-refractivity contribution in [2.75, 3.05) is 37.4 Å². The lowest BCUT2D eigenvalue weighted by Gasteiger charge is -2.32. The van der Waals surface area contributed by atoms with Crippen molar-refractivity contribution in [2.45, 2.75) is 32.1 Å². The third-order valence-corrected chi connectivity index (χ3v) is 6.89. The molecule has 1 aliphatic rings. The highest BCUT2D eigenvalue weighted by atomic mass is 16.2. The Morgan fingerprint density at radius 3 is 2.69 bits per heavy atom. The Kier molecular flexibility index (Phi) is 6.45. The summed E-state index contributed by atoms with van der Waals surface area (Å²) in [7, 11) is 4.01. The van der Waals surface area contributed by atoms with E-state index < -0.39 is 0 Å². The number of nitrogens with one attached hydrogen (secondary N) is 1. The Bertz CT molecular complexity index is 1320. The second-order valence-corrected chi connectivity index (χ2v) is 9.49. The van der Waals surface area contributed by atoms with E-state index in [0.717, 1.165) is 59.8 Å². The molecule has 2 amide bonds. The summed E-state index contributed by atoms with van der Waals surface area (Å²) in [6.45, 7) is 3.59. The van der Waals surface area contributed by atoms with E-state index in [1.165, 1.54) is 5.56 Å². The van der Waals surface area contributed by atoms with Crippen molar-refractivity contribution in [3.63, 3.8) is 0 Å². The predicted molar refractivity (Wildman–Crippen MR) is 143 cm³/mol.